The third kappa shape index (κ3) is 6.24. The normalized spacial score (nSPS) is 20.9. The first-order valence-corrected chi connectivity index (χ1v) is 12.2. The summed E-state index contributed by atoms with van der Waals surface area (Å²) < 4.78 is 40.3. The molecule has 1 aliphatic carbocycles. The van der Waals surface area contributed by atoms with Crippen LogP contribution in [0.1, 0.15) is 54.8 Å². The molecule has 196 valence electrons. The molecule has 2 atom stereocenters. The maximum Gasteiger partial charge on any atom is 0.433 e. The number of rotatable bonds is 6. The van der Waals surface area contributed by atoms with E-state index in [9.17, 15) is 22.8 Å². The molecule has 3 heterocycles. The Morgan fingerprint density at radius 2 is 1.81 bits per heavy atom. The molecule has 0 radical (unpaired) electrons. The number of amides is 1. The van der Waals surface area contributed by atoms with E-state index in [0.717, 1.165) is 32.1 Å². The molecule has 2 aromatic heterocycles. The Labute approximate surface area is 208 Å². The van der Waals surface area contributed by atoms with Crippen LogP contribution in [0.5, 0.6) is 0 Å². The number of halogens is 3. The average Bonchev–Trinajstić information content (AvgIpc) is 3.54. The number of piperazine rings is 1. The number of hydrogen-bond acceptors (Lipinski definition) is 6. The van der Waals surface area contributed by atoms with Crippen molar-refractivity contribution in [2.45, 2.75) is 45.7 Å². The zero-order chi connectivity index (χ0) is 26.3. The predicted molar refractivity (Wildman–Crippen MR) is 130 cm³/mol. The van der Waals surface area contributed by atoms with Crippen molar-refractivity contribution in [2.24, 2.45) is 11.8 Å². The summed E-state index contributed by atoms with van der Waals surface area (Å²) in [5.74, 6) is 0.956. The number of anilines is 1. The Morgan fingerprint density at radius 3 is 2.42 bits per heavy atom. The molecule has 2 aliphatic rings. The summed E-state index contributed by atoms with van der Waals surface area (Å²) in [7, 11) is 0. The fraction of sp³-hybridized carbons (Fsp3) is 0.600. The highest BCUT2D eigenvalue weighted by atomic mass is 19.4. The van der Waals surface area contributed by atoms with Crippen LogP contribution in [0.2, 0.25) is 0 Å². The Hall–Kier alpha value is -2.95. The molecule has 0 bridgehead atoms. The second-order valence-electron chi connectivity index (χ2n) is 10.8. The summed E-state index contributed by atoms with van der Waals surface area (Å²) in [5, 5.41) is 2.86. The van der Waals surface area contributed by atoms with Gasteiger partial charge in [0.25, 0.3) is 11.5 Å². The topological polar surface area (TPSA) is 94.2 Å². The molecule has 1 saturated heterocycles. The van der Waals surface area contributed by atoms with Crippen molar-refractivity contribution in [1.82, 2.24) is 25.2 Å². The quantitative estimate of drug-likeness (QED) is 0.626. The van der Waals surface area contributed by atoms with Crippen molar-refractivity contribution in [3.63, 3.8) is 0 Å². The van der Waals surface area contributed by atoms with Crippen LogP contribution in [0.25, 0.3) is 0 Å². The molecule has 36 heavy (non-hydrogen) atoms. The van der Waals surface area contributed by atoms with Gasteiger partial charge in [-0.25, -0.2) is 9.97 Å². The molecule has 1 amide bonds. The van der Waals surface area contributed by atoms with Crippen molar-refractivity contribution in [1.29, 1.82) is 0 Å². The molecule has 2 fully saturated rings. The van der Waals surface area contributed by atoms with E-state index in [-0.39, 0.29) is 17.3 Å². The van der Waals surface area contributed by atoms with Gasteiger partial charge in [-0.15, -0.1) is 0 Å². The summed E-state index contributed by atoms with van der Waals surface area (Å²) in [5.41, 5.74) is -1.08. The minimum atomic E-state index is -4.52. The second kappa shape index (κ2) is 9.84. The van der Waals surface area contributed by atoms with Gasteiger partial charge >= 0.3 is 6.18 Å². The molecule has 4 rings (SSSR count). The number of aromatic amines is 1. The molecule has 8 nitrogen and oxygen atoms in total. The van der Waals surface area contributed by atoms with Crippen LogP contribution in [0, 0.1) is 18.8 Å². The number of carbonyl (C=O) groups excluding carboxylic acids is 1. The number of aromatic nitrogens is 3. The Morgan fingerprint density at radius 1 is 1.11 bits per heavy atom. The van der Waals surface area contributed by atoms with Gasteiger partial charge in [-0.1, -0.05) is 20.8 Å². The highest BCUT2D eigenvalue weighted by molar-refractivity contribution is 5.93. The van der Waals surface area contributed by atoms with Crippen molar-refractivity contribution < 1.29 is 18.0 Å². The van der Waals surface area contributed by atoms with E-state index in [1.807, 2.05) is 4.90 Å². The van der Waals surface area contributed by atoms with E-state index >= 15 is 0 Å². The summed E-state index contributed by atoms with van der Waals surface area (Å²) >= 11 is 0. The molecule has 0 aromatic carbocycles. The lowest BCUT2D eigenvalue weighted by atomic mass is 9.95. The maximum absolute atomic E-state index is 13.4. The Balaban J connectivity index is 1.28. The van der Waals surface area contributed by atoms with E-state index in [2.05, 4.69) is 25.2 Å². The standard InChI is InChI=1S/C25H33F3N6O2/c1-15-5-6-18(22(36)30-15)21(35)29-13-16-11-17(16)14-33-7-9-34(10-8-33)20-12-19(25(26,27)28)31-23(32-20)24(2,3)4/h5-6,12,16-17H,7-11,13-14H2,1-4H3,(H,29,35)(H,30,36). The van der Waals surface area contributed by atoms with E-state index in [0.29, 0.717) is 43.0 Å². The van der Waals surface area contributed by atoms with Crippen molar-refractivity contribution in [2.75, 3.05) is 44.2 Å². The number of aryl methyl sites for hydroxylation is 1. The number of hydrogen-bond donors (Lipinski definition) is 2. The number of carbonyl (C=O) groups is 1. The molecule has 2 aromatic rings. The lowest BCUT2D eigenvalue weighted by Crippen LogP contribution is -2.47. The first kappa shape index (κ1) is 26.1. The van der Waals surface area contributed by atoms with Crippen LogP contribution >= 0.6 is 0 Å². The summed E-state index contributed by atoms with van der Waals surface area (Å²) in [6, 6.07) is 4.28. The number of nitrogens with one attached hydrogen (secondary N) is 2. The van der Waals surface area contributed by atoms with Crippen LogP contribution in [-0.2, 0) is 11.6 Å². The lowest BCUT2D eigenvalue weighted by molar-refractivity contribution is -0.141. The van der Waals surface area contributed by atoms with E-state index in [1.165, 1.54) is 6.07 Å². The van der Waals surface area contributed by atoms with Gasteiger partial charge in [0.2, 0.25) is 0 Å². The Kier molecular flexibility index (Phi) is 7.14. The van der Waals surface area contributed by atoms with Gasteiger partial charge < -0.3 is 15.2 Å². The van der Waals surface area contributed by atoms with Crippen LogP contribution in [-0.4, -0.2) is 65.0 Å². The van der Waals surface area contributed by atoms with Gasteiger partial charge in [0.05, 0.1) is 0 Å². The van der Waals surface area contributed by atoms with Gasteiger partial charge in [-0.05, 0) is 37.3 Å². The SMILES string of the molecule is Cc1ccc(C(=O)NCC2CC2CN2CCN(c3cc(C(F)(F)F)nc(C(C)(C)C)n3)CC2)c(=O)[nH]1. The van der Waals surface area contributed by atoms with Crippen LogP contribution < -0.4 is 15.8 Å². The van der Waals surface area contributed by atoms with Gasteiger partial charge in [-0.3, -0.25) is 14.5 Å². The molecule has 2 unspecified atom stereocenters. The van der Waals surface area contributed by atoms with Gasteiger partial charge in [-0.2, -0.15) is 13.2 Å². The van der Waals surface area contributed by atoms with Crippen molar-refractivity contribution >= 4 is 11.7 Å². The zero-order valence-electron chi connectivity index (χ0n) is 21.1. The third-order valence-corrected chi connectivity index (χ3v) is 6.76. The summed E-state index contributed by atoms with van der Waals surface area (Å²) in [6.07, 6.45) is -3.52. The summed E-state index contributed by atoms with van der Waals surface area (Å²) in [6.45, 7) is 11.2. The lowest BCUT2D eigenvalue weighted by Gasteiger charge is -2.36. The van der Waals surface area contributed by atoms with E-state index < -0.39 is 22.8 Å². The monoisotopic (exact) mass is 506 g/mol. The molecule has 0 spiro atoms. The second-order valence-corrected chi connectivity index (χ2v) is 10.8. The average molecular weight is 507 g/mol. The van der Waals surface area contributed by atoms with E-state index in [1.54, 1.807) is 33.8 Å². The fourth-order valence-corrected chi connectivity index (χ4v) is 4.42. The number of pyridine rings is 1. The predicted octanol–water partition coefficient (Wildman–Crippen LogP) is 2.98. The fourth-order valence-electron chi connectivity index (χ4n) is 4.42. The first-order chi connectivity index (χ1) is 16.8. The maximum atomic E-state index is 13.4. The number of nitrogens with zero attached hydrogens (tertiary/aromatic N) is 4. The minimum absolute atomic E-state index is 0.113. The smallest absolute Gasteiger partial charge is 0.354 e. The van der Waals surface area contributed by atoms with E-state index in [4.69, 9.17) is 0 Å². The van der Waals surface area contributed by atoms with Crippen LogP contribution in [0.3, 0.4) is 0 Å². The van der Waals surface area contributed by atoms with Crippen molar-refractivity contribution in [3.8, 4) is 0 Å². The highest BCUT2D eigenvalue weighted by Gasteiger charge is 2.39. The van der Waals surface area contributed by atoms with Gasteiger partial charge in [0.1, 0.15) is 22.9 Å². The van der Waals surface area contributed by atoms with Crippen molar-refractivity contribution in [3.05, 3.63) is 51.3 Å². The first-order valence-electron chi connectivity index (χ1n) is 12.2. The third-order valence-electron chi connectivity index (χ3n) is 6.76. The molecule has 2 N–H and O–H groups in total. The molecule has 1 aliphatic heterocycles. The molecule has 1 saturated carbocycles. The number of alkyl halides is 3. The van der Waals surface area contributed by atoms with Gasteiger partial charge in [0.15, 0.2) is 0 Å². The van der Waals surface area contributed by atoms with Gasteiger partial charge in [0, 0.05) is 56.4 Å². The minimum Gasteiger partial charge on any atom is -0.354 e. The highest BCUT2D eigenvalue weighted by Crippen LogP contribution is 2.39. The number of H-pyrrole nitrogens is 1. The van der Waals surface area contributed by atoms with Crippen LogP contribution in [0.4, 0.5) is 19.0 Å². The van der Waals surface area contributed by atoms with Crippen LogP contribution in [0.15, 0.2) is 23.0 Å². The molecular formula is C25H33F3N6O2. The molecular weight excluding hydrogens is 473 g/mol. The zero-order valence-corrected chi connectivity index (χ0v) is 21.1. The Bertz CT molecular complexity index is 1130. The largest absolute Gasteiger partial charge is 0.433 e. The molecule has 11 heteroatoms. The summed E-state index contributed by atoms with van der Waals surface area (Å²) in [4.78, 5) is 39.3.